The molecule has 2 fully saturated rings. The lowest BCUT2D eigenvalue weighted by molar-refractivity contribution is -0.146. The van der Waals surface area contributed by atoms with Crippen molar-refractivity contribution < 1.29 is 19.1 Å². The van der Waals surface area contributed by atoms with E-state index in [2.05, 4.69) is 10.2 Å². The first-order valence-corrected chi connectivity index (χ1v) is 8.26. The zero-order chi connectivity index (χ0) is 15.9. The molecule has 1 saturated carbocycles. The number of ether oxygens (including phenoxy) is 2. The molecule has 0 aromatic carbocycles. The second-order valence-corrected chi connectivity index (χ2v) is 6.26. The highest BCUT2D eigenvalue weighted by molar-refractivity contribution is 5.81. The van der Waals surface area contributed by atoms with E-state index >= 15 is 0 Å². The molecule has 2 aliphatic rings. The van der Waals surface area contributed by atoms with Crippen LogP contribution in [0.5, 0.6) is 0 Å². The van der Waals surface area contributed by atoms with Crippen molar-refractivity contribution in [3.63, 3.8) is 0 Å². The minimum atomic E-state index is -0.261. The van der Waals surface area contributed by atoms with Crippen LogP contribution in [-0.4, -0.2) is 62.8 Å². The van der Waals surface area contributed by atoms with Crippen LogP contribution in [0, 0.1) is 5.92 Å². The first-order chi connectivity index (χ1) is 10.7. The van der Waals surface area contributed by atoms with E-state index < -0.39 is 0 Å². The quantitative estimate of drug-likeness (QED) is 0.560. The fraction of sp³-hybridized carbons (Fsp3) is 0.875. The third-order valence-electron chi connectivity index (χ3n) is 4.87. The molecule has 22 heavy (non-hydrogen) atoms. The largest absolute Gasteiger partial charge is 0.468 e. The Hall–Kier alpha value is -1.14. The van der Waals surface area contributed by atoms with Crippen LogP contribution in [0.2, 0.25) is 0 Å². The van der Waals surface area contributed by atoms with Crippen molar-refractivity contribution in [1.82, 2.24) is 10.2 Å². The van der Waals surface area contributed by atoms with Gasteiger partial charge in [-0.2, -0.15) is 0 Å². The number of carbonyl (C=O) groups is 2. The van der Waals surface area contributed by atoms with Crippen LogP contribution in [0.25, 0.3) is 0 Å². The molecule has 2 rings (SSSR count). The summed E-state index contributed by atoms with van der Waals surface area (Å²) in [5.41, 5.74) is 0. The summed E-state index contributed by atoms with van der Waals surface area (Å²) in [4.78, 5) is 26.3. The molecule has 1 N–H and O–H groups in total. The topological polar surface area (TPSA) is 67.9 Å². The lowest BCUT2D eigenvalue weighted by Gasteiger charge is -2.32. The molecule has 6 nitrogen and oxygen atoms in total. The second-order valence-electron chi connectivity index (χ2n) is 6.26. The second kappa shape index (κ2) is 8.48. The van der Waals surface area contributed by atoms with Gasteiger partial charge in [-0.25, -0.2) is 0 Å². The van der Waals surface area contributed by atoms with E-state index in [0.717, 1.165) is 25.7 Å². The molecule has 1 aliphatic heterocycles. The minimum absolute atomic E-state index is 0.0174. The predicted octanol–water partition coefficient (Wildman–Crippen LogP) is 0.945. The monoisotopic (exact) mass is 312 g/mol. The Morgan fingerprint density at radius 2 is 2.00 bits per heavy atom. The molecule has 3 unspecified atom stereocenters. The lowest BCUT2D eigenvalue weighted by Crippen LogP contribution is -2.48. The Bertz CT molecular complexity index is 388. The summed E-state index contributed by atoms with van der Waals surface area (Å²) in [5.74, 6) is 0.303. The van der Waals surface area contributed by atoms with E-state index in [4.69, 9.17) is 9.47 Å². The number of esters is 1. The Morgan fingerprint density at radius 3 is 2.73 bits per heavy atom. The molecule has 0 radical (unpaired) electrons. The van der Waals surface area contributed by atoms with Gasteiger partial charge >= 0.3 is 5.97 Å². The van der Waals surface area contributed by atoms with Crippen molar-refractivity contribution in [3.05, 3.63) is 0 Å². The summed E-state index contributed by atoms with van der Waals surface area (Å²) in [5, 5.41) is 2.90. The Balaban J connectivity index is 1.92. The number of hydrogen-bond donors (Lipinski definition) is 1. The number of carbonyl (C=O) groups excluding carboxylic acids is 2. The number of amides is 1. The van der Waals surface area contributed by atoms with Crippen molar-refractivity contribution in [1.29, 1.82) is 0 Å². The molecule has 3 atom stereocenters. The molecule has 0 bridgehead atoms. The average Bonchev–Trinajstić information content (AvgIpc) is 2.89. The van der Waals surface area contributed by atoms with Gasteiger partial charge in [0.2, 0.25) is 5.91 Å². The van der Waals surface area contributed by atoms with Gasteiger partial charge in [-0.15, -0.1) is 0 Å². The number of likely N-dealkylation sites (tertiary alicyclic amines) is 1. The third-order valence-corrected chi connectivity index (χ3v) is 4.87. The number of nitrogens with zero attached hydrogens (tertiary/aromatic N) is 1. The van der Waals surface area contributed by atoms with Gasteiger partial charge in [0.1, 0.15) is 6.04 Å². The van der Waals surface area contributed by atoms with E-state index in [1.807, 2.05) is 0 Å². The maximum absolute atomic E-state index is 12.1. The Labute approximate surface area is 132 Å². The highest BCUT2D eigenvalue weighted by atomic mass is 16.5. The van der Waals surface area contributed by atoms with E-state index in [1.54, 1.807) is 7.11 Å². The van der Waals surface area contributed by atoms with Crippen LogP contribution in [0.15, 0.2) is 0 Å². The molecular formula is C16H28N2O4. The van der Waals surface area contributed by atoms with Gasteiger partial charge < -0.3 is 14.8 Å². The number of nitrogens with one attached hydrogen (secondary N) is 1. The predicted molar refractivity (Wildman–Crippen MR) is 82.4 cm³/mol. The molecule has 0 aromatic rings. The maximum atomic E-state index is 12.1. The SMILES string of the molecule is COCCCNC(=O)CN1C(C(=O)OC)CC2CCCCC21. The molecule has 126 valence electrons. The summed E-state index contributed by atoms with van der Waals surface area (Å²) in [6.45, 7) is 1.53. The van der Waals surface area contributed by atoms with Crippen LogP contribution in [-0.2, 0) is 19.1 Å². The van der Waals surface area contributed by atoms with E-state index in [-0.39, 0.29) is 24.5 Å². The minimum Gasteiger partial charge on any atom is -0.468 e. The van der Waals surface area contributed by atoms with Crippen LogP contribution in [0.3, 0.4) is 0 Å². The number of fused-ring (bicyclic) bond motifs is 1. The zero-order valence-electron chi connectivity index (χ0n) is 13.7. The summed E-state index contributed by atoms with van der Waals surface area (Å²) in [7, 11) is 3.07. The number of rotatable bonds is 7. The van der Waals surface area contributed by atoms with Gasteiger partial charge in [-0.1, -0.05) is 12.8 Å². The zero-order valence-corrected chi connectivity index (χ0v) is 13.7. The molecule has 0 aromatic heterocycles. The van der Waals surface area contributed by atoms with E-state index in [9.17, 15) is 9.59 Å². The average molecular weight is 312 g/mol. The van der Waals surface area contributed by atoms with Crippen molar-refractivity contribution in [2.45, 2.75) is 50.6 Å². The van der Waals surface area contributed by atoms with Crippen molar-refractivity contribution >= 4 is 11.9 Å². The number of hydrogen-bond acceptors (Lipinski definition) is 5. The van der Waals surface area contributed by atoms with Crippen molar-refractivity contribution in [2.75, 3.05) is 33.9 Å². The van der Waals surface area contributed by atoms with Crippen molar-refractivity contribution in [3.8, 4) is 0 Å². The first kappa shape index (κ1) is 17.2. The van der Waals surface area contributed by atoms with E-state index in [1.165, 1.54) is 20.0 Å². The molecule has 0 spiro atoms. The summed E-state index contributed by atoms with van der Waals surface area (Å²) < 4.78 is 9.90. The Morgan fingerprint density at radius 1 is 1.23 bits per heavy atom. The standard InChI is InChI=1S/C16H28N2O4/c1-21-9-5-8-17-15(19)11-18-13-7-4-3-6-12(13)10-14(18)16(20)22-2/h12-14H,3-11H2,1-2H3,(H,17,19). The van der Waals surface area contributed by atoms with Gasteiger partial charge in [0.25, 0.3) is 0 Å². The Kier molecular flexibility index (Phi) is 6.64. The lowest BCUT2D eigenvalue weighted by atomic mass is 9.85. The summed E-state index contributed by atoms with van der Waals surface area (Å²) >= 11 is 0. The molecule has 1 heterocycles. The molecule has 1 saturated heterocycles. The van der Waals surface area contributed by atoms with Crippen LogP contribution in [0.1, 0.15) is 38.5 Å². The van der Waals surface area contributed by atoms with E-state index in [0.29, 0.717) is 25.1 Å². The van der Waals surface area contributed by atoms with Gasteiger partial charge in [-0.3, -0.25) is 14.5 Å². The fourth-order valence-corrected chi connectivity index (χ4v) is 3.81. The normalized spacial score (nSPS) is 28.2. The van der Waals surface area contributed by atoms with Gasteiger partial charge in [0.15, 0.2) is 0 Å². The first-order valence-electron chi connectivity index (χ1n) is 8.26. The maximum Gasteiger partial charge on any atom is 0.323 e. The van der Waals surface area contributed by atoms with Gasteiger partial charge in [0, 0.05) is 26.3 Å². The fourth-order valence-electron chi connectivity index (χ4n) is 3.81. The third kappa shape index (κ3) is 4.20. The molecule has 6 heteroatoms. The van der Waals surface area contributed by atoms with Crippen LogP contribution < -0.4 is 5.32 Å². The molecule has 1 aliphatic carbocycles. The summed E-state index contributed by atoms with van der Waals surface area (Å²) in [6, 6.07) is 0.0883. The van der Waals surface area contributed by atoms with Gasteiger partial charge in [0.05, 0.1) is 13.7 Å². The molecular weight excluding hydrogens is 284 g/mol. The van der Waals surface area contributed by atoms with Crippen LogP contribution >= 0.6 is 0 Å². The van der Waals surface area contributed by atoms with Gasteiger partial charge in [-0.05, 0) is 31.6 Å². The molecule has 1 amide bonds. The summed E-state index contributed by atoms with van der Waals surface area (Å²) in [6.07, 6.45) is 6.27. The highest BCUT2D eigenvalue weighted by Gasteiger charge is 2.46. The van der Waals surface area contributed by atoms with Crippen molar-refractivity contribution in [2.24, 2.45) is 5.92 Å². The number of methoxy groups -OCH3 is 2. The highest BCUT2D eigenvalue weighted by Crippen LogP contribution is 2.39. The smallest absolute Gasteiger partial charge is 0.323 e. The van der Waals surface area contributed by atoms with Crippen LogP contribution in [0.4, 0.5) is 0 Å².